The minimum Gasteiger partial charge on any atom is -0.490 e. The Morgan fingerprint density at radius 1 is 1.16 bits per heavy atom. The molecule has 2 aromatic carbocycles. The highest BCUT2D eigenvalue weighted by Gasteiger charge is 2.34. The first-order valence-electron chi connectivity index (χ1n) is 8.56. The van der Waals surface area contributed by atoms with E-state index in [0.29, 0.717) is 19.7 Å². The van der Waals surface area contributed by atoms with E-state index in [0.717, 1.165) is 16.6 Å². The quantitative estimate of drug-likeness (QED) is 0.732. The maximum atomic E-state index is 12.1. The SMILES string of the molecule is CCOC(=O)N1CC[C@@H](Oc2ccc(Br)cc2)[C@H](c2ccccc2)C1. The number of benzene rings is 2. The molecule has 132 valence electrons. The van der Waals surface area contributed by atoms with Gasteiger partial charge in [-0.05, 0) is 36.8 Å². The third kappa shape index (κ3) is 4.54. The summed E-state index contributed by atoms with van der Waals surface area (Å²) in [6.07, 6.45) is 0.550. The van der Waals surface area contributed by atoms with Crippen molar-refractivity contribution in [2.45, 2.75) is 25.4 Å². The van der Waals surface area contributed by atoms with Gasteiger partial charge < -0.3 is 14.4 Å². The van der Waals surface area contributed by atoms with Crippen LogP contribution in [0.2, 0.25) is 0 Å². The number of ether oxygens (including phenoxy) is 2. The van der Waals surface area contributed by atoms with Crippen molar-refractivity contribution in [3.63, 3.8) is 0 Å². The molecule has 0 aromatic heterocycles. The fourth-order valence-electron chi connectivity index (χ4n) is 3.16. The highest BCUT2D eigenvalue weighted by Crippen LogP contribution is 2.31. The first-order chi connectivity index (χ1) is 12.2. The summed E-state index contributed by atoms with van der Waals surface area (Å²) in [4.78, 5) is 13.9. The zero-order valence-electron chi connectivity index (χ0n) is 14.2. The largest absolute Gasteiger partial charge is 0.490 e. The first-order valence-corrected chi connectivity index (χ1v) is 9.35. The predicted octanol–water partition coefficient (Wildman–Crippen LogP) is 4.84. The molecule has 0 radical (unpaired) electrons. The summed E-state index contributed by atoms with van der Waals surface area (Å²) < 4.78 is 12.5. The van der Waals surface area contributed by atoms with Gasteiger partial charge in [-0.15, -0.1) is 0 Å². The molecule has 3 rings (SSSR count). The second-order valence-electron chi connectivity index (χ2n) is 6.06. The van der Waals surface area contributed by atoms with E-state index in [2.05, 4.69) is 28.1 Å². The Hall–Kier alpha value is -2.01. The van der Waals surface area contributed by atoms with Crippen LogP contribution < -0.4 is 4.74 Å². The molecule has 1 aliphatic heterocycles. The van der Waals surface area contributed by atoms with Gasteiger partial charge in [0.1, 0.15) is 11.9 Å². The van der Waals surface area contributed by atoms with Gasteiger partial charge in [0.15, 0.2) is 0 Å². The molecular formula is C20H22BrNO3. The number of carbonyl (C=O) groups excluding carboxylic acids is 1. The lowest BCUT2D eigenvalue weighted by atomic mass is 9.88. The lowest BCUT2D eigenvalue weighted by Crippen LogP contribution is -2.47. The Morgan fingerprint density at radius 3 is 2.56 bits per heavy atom. The van der Waals surface area contributed by atoms with E-state index in [1.54, 1.807) is 4.90 Å². The monoisotopic (exact) mass is 403 g/mol. The molecule has 4 nitrogen and oxygen atoms in total. The van der Waals surface area contributed by atoms with Crippen LogP contribution in [0.5, 0.6) is 5.75 Å². The van der Waals surface area contributed by atoms with Crippen LogP contribution in [-0.2, 0) is 4.74 Å². The highest BCUT2D eigenvalue weighted by molar-refractivity contribution is 9.10. The van der Waals surface area contributed by atoms with Gasteiger partial charge >= 0.3 is 6.09 Å². The lowest BCUT2D eigenvalue weighted by Gasteiger charge is -2.38. The summed E-state index contributed by atoms with van der Waals surface area (Å²) in [6.45, 7) is 3.47. The average molecular weight is 404 g/mol. The van der Waals surface area contributed by atoms with Crippen molar-refractivity contribution in [2.75, 3.05) is 19.7 Å². The summed E-state index contributed by atoms with van der Waals surface area (Å²) in [7, 11) is 0. The van der Waals surface area contributed by atoms with Gasteiger partial charge in [-0.1, -0.05) is 46.3 Å². The zero-order chi connectivity index (χ0) is 17.6. The third-order valence-corrected chi connectivity index (χ3v) is 4.93. The molecule has 0 unspecified atom stereocenters. The predicted molar refractivity (Wildman–Crippen MR) is 101 cm³/mol. The molecule has 1 saturated heterocycles. The lowest BCUT2D eigenvalue weighted by molar-refractivity contribution is 0.0574. The van der Waals surface area contributed by atoms with Gasteiger partial charge in [0.25, 0.3) is 0 Å². The van der Waals surface area contributed by atoms with Crippen molar-refractivity contribution in [3.8, 4) is 5.75 Å². The fraction of sp³-hybridized carbons (Fsp3) is 0.350. The molecule has 1 heterocycles. The fourth-order valence-corrected chi connectivity index (χ4v) is 3.42. The van der Waals surface area contributed by atoms with E-state index >= 15 is 0 Å². The number of halogens is 1. The highest BCUT2D eigenvalue weighted by atomic mass is 79.9. The molecule has 1 amide bonds. The Labute approximate surface area is 156 Å². The summed E-state index contributed by atoms with van der Waals surface area (Å²) in [5, 5.41) is 0. The van der Waals surface area contributed by atoms with E-state index in [4.69, 9.17) is 9.47 Å². The average Bonchev–Trinajstić information content (AvgIpc) is 2.65. The number of rotatable bonds is 4. The van der Waals surface area contributed by atoms with Crippen molar-refractivity contribution in [3.05, 3.63) is 64.6 Å². The van der Waals surface area contributed by atoms with Crippen LogP contribution in [0.4, 0.5) is 4.79 Å². The summed E-state index contributed by atoms with van der Waals surface area (Å²) >= 11 is 3.44. The number of carbonyl (C=O) groups is 1. The number of amides is 1. The number of hydrogen-bond acceptors (Lipinski definition) is 3. The van der Waals surface area contributed by atoms with E-state index in [1.165, 1.54) is 5.56 Å². The topological polar surface area (TPSA) is 38.8 Å². The molecule has 5 heteroatoms. The summed E-state index contributed by atoms with van der Waals surface area (Å²) in [5.74, 6) is 0.960. The van der Waals surface area contributed by atoms with Crippen molar-refractivity contribution < 1.29 is 14.3 Å². The smallest absolute Gasteiger partial charge is 0.409 e. The van der Waals surface area contributed by atoms with Crippen LogP contribution in [0.25, 0.3) is 0 Å². The minimum absolute atomic E-state index is 0.0225. The molecule has 0 bridgehead atoms. The van der Waals surface area contributed by atoms with Crippen LogP contribution in [-0.4, -0.2) is 36.8 Å². The Bertz CT molecular complexity index is 690. The van der Waals surface area contributed by atoms with Gasteiger partial charge in [0, 0.05) is 29.9 Å². The van der Waals surface area contributed by atoms with Gasteiger partial charge in [-0.3, -0.25) is 0 Å². The maximum absolute atomic E-state index is 12.1. The van der Waals surface area contributed by atoms with E-state index in [9.17, 15) is 4.79 Å². The second kappa shape index (κ2) is 8.39. The molecule has 2 aromatic rings. The molecule has 1 fully saturated rings. The molecule has 25 heavy (non-hydrogen) atoms. The van der Waals surface area contributed by atoms with Gasteiger partial charge in [0.05, 0.1) is 6.61 Å². The molecular weight excluding hydrogens is 382 g/mol. The van der Waals surface area contributed by atoms with Crippen molar-refractivity contribution in [1.29, 1.82) is 0 Å². The Balaban J connectivity index is 1.79. The van der Waals surface area contributed by atoms with Gasteiger partial charge in [0.2, 0.25) is 0 Å². The number of likely N-dealkylation sites (tertiary alicyclic amines) is 1. The van der Waals surface area contributed by atoms with Gasteiger partial charge in [-0.25, -0.2) is 4.79 Å². The van der Waals surface area contributed by atoms with Crippen LogP contribution in [0, 0.1) is 0 Å². The molecule has 0 aliphatic carbocycles. The summed E-state index contributed by atoms with van der Waals surface area (Å²) in [6, 6.07) is 18.1. The van der Waals surface area contributed by atoms with Crippen molar-refractivity contribution in [2.24, 2.45) is 0 Å². The van der Waals surface area contributed by atoms with Crippen LogP contribution in [0.3, 0.4) is 0 Å². The molecule has 0 spiro atoms. The maximum Gasteiger partial charge on any atom is 0.409 e. The van der Waals surface area contributed by atoms with Crippen molar-refractivity contribution >= 4 is 22.0 Å². The number of hydrogen-bond donors (Lipinski definition) is 0. The third-order valence-electron chi connectivity index (χ3n) is 4.40. The van der Waals surface area contributed by atoms with Crippen LogP contribution in [0.1, 0.15) is 24.8 Å². The van der Waals surface area contributed by atoms with E-state index in [1.807, 2.05) is 49.4 Å². The number of piperidine rings is 1. The standard InChI is InChI=1S/C20H22BrNO3/c1-2-24-20(23)22-13-12-19(25-17-10-8-16(21)9-11-17)18(14-22)15-6-4-3-5-7-15/h3-11,18-19H,2,12-14H2,1H3/t18-,19+/m0/s1. The van der Waals surface area contributed by atoms with Gasteiger partial charge in [-0.2, -0.15) is 0 Å². The second-order valence-corrected chi connectivity index (χ2v) is 6.98. The Kier molecular flexibility index (Phi) is 5.97. The van der Waals surface area contributed by atoms with Crippen LogP contribution in [0.15, 0.2) is 59.1 Å². The number of nitrogens with zero attached hydrogens (tertiary/aromatic N) is 1. The molecule has 0 N–H and O–H groups in total. The van der Waals surface area contributed by atoms with E-state index in [-0.39, 0.29) is 18.1 Å². The van der Waals surface area contributed by atoms with E-state index < -0.39 is 0 Å². The van der Waals surface area contributed by atoms with Crippen LogP contribution >= 0.6 is 15.9 Å². The minimum atomic E-state index is -0.245. The normalized spacial score (nSPS) is 20.2. The molecule has 2 atom stereocenters. The zero-order valence-corrected chi connectivity index (χ0v) is 15.8. The summed E-state index contributed by atoms with van der Waals surface area (Å²) in [5.41, 5.74) is 1.18. The molecule has 1 aliphatic rings. The first kappa shape index (κ1) is 17.8. The Morgan fingerprint density at radius 2 is 1.88 bits per heavy atom. The molecule has 0 saturated carbocycles. The van der Waals surface area contributed by atoms with Crippen molar-refractivity contribution in [1.82, 2.24) is 4.90 Å².